The van der Waals surface area contributed by atoms with Crippen molar-refractivity contribution in [2.45, 2.75) is 6.92 Å². The Hall–Kier alpha value is -2.56. The number of aryl methyl sites for hydroxylation is 1. The molecule has 0 aliphatic carbocycles. The highest BCUT2D eigenvalue weighted by molar-refractivity contribution is 5.98. The van der Waals surface area contributed by atoms with E-state index in [0.29, 0.717) is 11.4 Å². The number of hydrogen-bond acceptors (Lipinski definition) is 4. The van der Waals surface area contributed by atoms with E-state index in [2.05, 4.69) is 10.1 Å². The Balaban J connectivity index is 2.39. The van der Waals surface area contributed by atoms with Crippen molar-refractivity contribution in [3.8, 4) is 0 Å². The topological polar surface area (TPSA) is 64.3 Å². The molecule has 20 heavy (non-hydrogen) atoms. The third-order valence-corrected chi connectivity index (χ3v) is 2.90. The second-order valence-electron chi connectivity index (χ2n) is 4.37. The average Bonchev–Trinajstić information content (AvgIpc) is 2.44. The van der Waals surface area contributed by atoms with Crippen LogP contribution in [0.2, 0.25) is 0 Å². The lowest BCUT2D eigenvalue weighted by Gasteiger charge is -2.13. The molecule has 2 aromatic rings. The van der Waals surface area contributed by atoms with Crippen molar-refractivity contribution in [2.24, 2.45) is 0 Å². The third kappa shape index (κ3) is 2.71. The van der Waals surface area contributed by atoms with Gasteiger partial charge in [-0.3, -0.25) is 0 Å². The van der Waals surface area contributed by atoms with Gasteiger partial charge < -0.3 is 15.8 Å². The SMILES string of the molecule is COC(=O)c1cccc(Nc2cc(C)ccc2F)c1N. The summed E-state index contributed by atoms with van der Waals surface area (Å²) in [6.45, 7) is 1.86. The van der Waals surface area contributed by atoms with E-state index in [1.54, 1.807) is 30.3 Å². The number of carbonyl (C=O) groups is 1. The highest BCUT2D eigenvalue weighted by Gasteiger charge is 2.13. The molecule has 0 bridgehead atoms. The van der Waals surface area contributed by atoms with Gasteiger partial charge in [0.1, 0.15) is 5.82 Å². The number of carbonyl (C=O) groups excluding carboxylic acids is 1. The monoisotopic (exact) mass is 274 g/mol. The molecule has 0 heterocycles. The van der Waals surface area contributed by atoms with Crippen molar-refractivity contribution in [2.75, 3.05) is 18.2 Å². The third-order valence-electron chi connectivity index (χ3n) is 2.90. The van der Waals surface area contributed by atoms with Gasteiger partial charge in [0.05, 0.1) is 29.7 Å². The summed E-state index contributed by atoms with van der Waals surface area (Å²) in [5.74, 6) is -0.922. The van der Waals surface area contributed by atoms with E-state index in [-0.39, 0.29) is 11.3 Å². The van der Waals surface area contributed by atoms with Crippen LogP contribution in [-0.4, -0.2) is 13.1 Å². The van der Waals surface area contributed by atoms with Gasteiger partial charge in [-0.1, -0.05) is 12.1 Å². The van der Waals surface area contributed by atoms with Gasteiger partial charge in [0.25, 0.3) is 0 Å². The van der Waals surface area contributed by atoms with E-state index in [1.165, 1.54) is 13.2 Å². The first kappa shape index (κ1) is 13.9. The Morgan fingerprint density at radius 1 is 1.25 bits per heavy atom. The quantitative estimate of drug-likeness (QED) is 0.666. The van der Waals surface area contributed by atoms with Crippen LogP contribution in [0.3, 0.4) is 0 Å². The zero-order chi connectivity index (χ0) is 14.7. The van der Waals surface area contributed by atoms with Crippen LogP contribution in [0, 0.1) is 12.7 Å². The molecular weight excluding hydrogens is 259 g/mol. The number of rotatable bonds is 3. The van der Waals surface area contributed by atoms with Gasteiger partial charge in [-0.25, -0.2) is 9.18 Å². The molecular formula is C15H15FN2O2. The molecule has 0 aliphatic heterocycles. The van der Waals surface area contributed by atoms with Gasteiger partial charge in [0.2, 0.25) is 0 Å². The standard InChI is InChI=1S/C15H15FN2O2/c1-9-6-7-11(16)13(8-9)18-12-5-3-4-10(14(12)17)15(19)20-2/h3-8,18H,17H2,1-2H3. The number of ether oxygens (including phenoxy) is 1. The largest absolute Gasteiger partial charge is 0.465 e. The zero-order valence-electron chi connectivity index (χ0n) is 11.2. The summed E-state index contributed by atoms with van der Waals surface area (Å²) in [5.41, 5.74) is 8.05. The molecule has 0 radical (unpaired) electrons. The van der Waals surface area contributed by atoms with Crippen molar-refractivity contribution in [3.63, 3.8) is 0 Å². The first-order chi connectivity index (χ1) is 9.52. The molecule has 0 aromatic heterocycles. The van der Waals surface area contributed by atoms with Crippen LogP contribution in [0.4, 0.5) is 21.5 Å². The van der Waals surface area contributed by atoms with Crippen LogP contribution in [0.15, 0.2) is 36.4 Å². The number of methoxy groups -OCH3 is 1. The van der Waals surface area contributed by atoms with E-state index in [0.717, 1.165) is 5.56 Å². The number of benzene rings is 2. The van der Waals surface area contributed by atoms with Crippen LogP contribution in [0.25, 0.3) is 0 Å². The lowest BCUT2D eigenvalue weighted by atomic mass is 10.1. The van der Waals surface area contributed by atoms with Gasteiger partial charge in [0.15, 0.2) is 0 Å². The Bertz CT molecular complexity index is 656. The van der Waals surface area contributed by atoms with E-state index in [9.17, 15) is 9.18 Å². The second kappa shape index (κ2) is 5.61. The molecule has 0 fully saturated rings. The van der Waals surface area contributed by atoms with Crippen LogP contribution in [0.1, 0.15) is 15.9 Å². The molecule has 2 aromatic carbocycles. The highest BCUT2D eigenvalue weighted by atomic mass is 19.1. The number of nitrogens with two attached hydrogens (primary N) is 1. The summed E-state index contributed by atoms with van der Waals surface area (Å²) in [6.07, 6.45) is 0. The van der Waals surface area contributed by atoms with Crippen molar-refractivity contribution >= 4 is 23.0 Å². The Morgan fingerprint density at radius 3 is 2.70 bits per heavy atom. The van der Waals surface area contributed by atoms with Crippen molar-refractivity contribution in [1.29, 1.82) is 0 Å². The summed E-state index contributed by atoms with van der Waals surface area (Å²) in [4.78, 5) is 11.6. The molecule has 0 amide bonds. The molecule has 0 unspecified atom stereocenters. The molecule has 0 saturated heterocycles. The van der Waals surface area contributed by atoms with Gasteiger partial charge in [-0.2, -0.15) is 0 Å². The molecule has 0 aliphatic rings. The zero-order valence-corrected chi connectivity index (χ0v) is 11.2. The van der Waals surface area contributed by atoms with Crippen LogP contribution >= 0.6 is 0 Å². The number of nitrogens with one attached hydrogen (secondary N) is 1. The number of anilines is 3. The Kier molecular flexibility index (Phi) is 3.89. The minimum atomic E-state index is -0.532. The summed E-state index contributed by atoms with van der Waals surface area (Å²) < 4.78 is 18.4. The highest BCUT2D eigenvalue weighted by Crippen LogP contribution is 2.28. The van der Waals surface area contributed by atoms with Crippen LogP contribution in [-0.2, 0) is 4.74 Å². The predicted molar refractivity (Wildman–Crippen MR) is 76.6 cm³/mol. The minimum absolute atomic E-state index is 0.222. The fraction of sp³-hybridized carbons (Fsp3) is 0.133. The van der Waals surface area contributed by atoms with Crippen molar-refractivity contribution < 1.29 is 13.9 Å². The van der Waals surface area contributed by atoms with Gasteiger partial charge in [-0.05, 0) is 36.8 Å². The number of nitrogen functional groups attached to an aromatic ring is 1. The summed E-state index contributed by atoms with van der Waals surface area (Å²) in [7, 11) is 1.28. The normalized spacial score (nSPS) is 10.2. The average molecular weight is 274 g/mol. The first-order valence-corrected chi connectivity index (χ1v) is 6.03. The summed E-state index contributed by atoms with van der Waals surface area (Å²) >= 11 is 0. The molecule has 2 rings (SSSR count). The molecule has 104 valence electrons. The van der Waals surface area contributed by atoms with E-state index >= 15 is 0 Å². The number of halogens is 1. The van der Waals surface area contributed by atoms with Crippen LogP contribution < -0.4 is 11.1 Å². The van der Waals surface area contributed by atoms with Crippen LogP contribution in [0.5, 0.6) is 0 Å². The maximum atomic E-state index is 13.7. The predicted octanol–water partition coefficient (Wildman–Crippen LogP) is 3.25. The van der Waals surface area contributed by atoms with Gasteiger partial charge in [-0.15, -0.1) is 0 Å². The lowest BCUT2D eigenvalue weighted by Crippen LogP contribution is -2.08. The minimum Gasteiger partial charge on any atom is -0.465 e. The summed E-state index contributed by atoms with van der Waals surface area (Å²) in [5, 5.41) is 2.89. The second-order valence-corrected chi connectivity index (χ2v) is 4.37. The van der Waals surface area contributed by atoms with E-state index in [1.807, 2.05) is 6.92 Å². The molecule has 3 N–H and O–H groups in total. The molecule has 5 heteroatoms. The fourth-order valence-electron chi connectivity index (χ4n) is 1.84. The maximum absolute atomic E-state index is 13.7. The van der Waals surface area contributed by atoms with E-state index < -0.39 is 11.8 Å². The molecule has 0 spiro atoms. The molecule has 0 atom stereocenters. The molecule has 4 nitrogen and oxygen atoms in total. The number of hydrogen-bond donors (Lipinski definition) is 2. The fourth-order valence-corrected chi connectivity index (χ4v) is 1.84. The smallest absolute Gasteiger partial charge is 0.340 e. The maximum Gasteiger partial charge on any atom is 0.340 e. The van der Waals surface area contributed by atoms with Crippen molar-refractivity contribution in [3.05, 3.63) is 53.3 Å². The first-order valence-electron chi connectivity index (χ1n) is 6.03. The molecule has 0 saturated carbocycles. The van der Waals surface area contributed by atoms with E-state index in [4.69, 9.17) is 5.73 Å². The number of esters is 1. The Morgan fingerprint density at radius 2 is 2.00 bits per heavy atom. The van der Waals surface area contributed by atoms with Crippen molar-refractivity contribution in [1.82, 2.24) is 0 Å². The lowest BCUT2D eigenvalue weighted by molar-refractivity contribution is 0.0602. The summed E-state index contributed by atoms with van der Waals surface area (Å²) in [6, 6.07) is 9.59. The van der Waals surface area contributed by atoms with Gasteiger partial charge in [0, 0.05) is 0 Å². The Labute approximate surface area is 116 Å². The van der Waals surface area contributed by atoms with Gasteiger partial charge >= 0.3 is 5.97 Å². The number of para-hydroxylation sites is 1.